The van der Waals surface area contributed by atoms with E-state index in [2.05, 4.69) is 19.2 Å². The number of ether oxygens (including phenoxy) is 1. The lowest BCUT2D eigenvalue weighted by Gasteiger charge is -2.30. The third-order valence-corrected chi connectivity index (χ3v) is 7.08. The third-order valence-electron chi connectivity index (χ3n) is 5.30. The molecule has 0 aromatic heterocycles. The summed E-state index contributed by atoms with van der Waals surface area (Å²) in [6, 6.07) is 7.05. The number of anilines is 1. The van der Waals surface area contributed by atoms with E-state index in [-0.39, 0.29) is 22.7 Å². The van der Waals surface area contributed by atoms with Gasteiger partial charge in [0, 0.05) is 5.02 Å². The van der Waals surface area contributed by atoms with Crippen molar-refractivity contribution in [1.29, 1.82) is 0 Å². The largest absolute Gasteiger partial charge is 0.496 e. The van der Waals surface area contributed by atoms with E-state index in [0.29, 0.717) is 5.02 Å². The first-order chi connectivity index (χ1) is 14.8. The van der Waals surface area contributed by atoms with Gasteiger partial charge in [-0.05, 0) is 73.7 Å². The molecule has 2 rings (SSSR count). The van der Waals surface area contributed by atoms with Crippen LogP contribution in [-0.4, -0.2) is 33.7 Å². The number of carbonyl (C=O) groups is 1. The maximum Gasteiger partial charge on any atom is 0.244 e. The Morgan fingerprint density at radius 2 is 1.69 bits per heavy atom. The molecule has 176 valence electrons. The smallest absolute Gasteiger partial charge is 0.244 e. The van der Waals surface area contributed by atoms with Crippen LogP contribution in [0, 0.1) is 6.92 Å². The number of nitrogens with one attached hydrogen (secondary N) is 1. The van der Waals surface area contributed by atoms with Gasteiger partial charge in [0.05, 0.1) is 30.1 Å². The Kier molecular flexibility index (Phi) is 8.48. The van der Waals surface area contributed by atoms with E-state index in [4.69, 9.17) is 27.9 Å². The van der Waals surface area contributed by atoms with Crippen LogP contribution in [0.2, 0.25) is 10.0 Å². The van der Waals surface area contributed by atoms with Crippen LogP contribution in [0.4, 0.5) is 5.69 Å². The second-order valence-electron chi connectivity index (χ2n) is 8.17. The van der Waals surface area contributed by atoms with Crippen LogP contribution in [0.3, 0.4) is 0 Å². The van der Waals surface area contributed by atoms with Crippen LogP contribution in [0.15, 0.2) is 30.3 Å². The van der Waals surface area contributed by atoms with Crippen LogP contribution in [-0.2, 0) is 14.8 Å². The first-order valence-corrected chi connectivity index (χ1v) is 12.8. The van der Waals surface area contributed by atoms with E-state index in [1.165, 1.54) is 19.1 Å². The highest BCUT2D eigenvalue weighted by molar-refractivity contribution is 7.92. The Bertz CT molecular complexity index is 1100. The molecule has 0 saturated carbocycles. The summed E-state index contributed by atoms with van der Waals surface area (Å²) < 4.78 is 31.6. The van der Waals surface area contributed by atoms with E-state index >= 15 is 0 Å². The summed E-state index contributed by atoms with van der Waals surface area (Å²) in [4.78, 5) is 13.1. The summed E-state index contributed by atoms with van der Waals surface area (Å²) in [5.74, 6) is 0.573. The van der Waals surface area contributed by atoms with Crippen molar-refractivity contribution >= 4 is 44.8 Å². The summed E-state index contributed by atoms with van der Waals surface area (Å²) in [6.07, 6.45) is 1.03. The zero-order valence-corrected chi connectivity index (χ0v) is 21.7. The van der Waals surface area contributed by atoms with E-state index < -0.39 is 22.0 Å². The molecule has 0 saturated heterocycles. The van der Waals surface area contributed by atoms with Crippen molar-refractivity contribution in [3.05, 3.63) is 57.1 Å². The Hall–Kier alpha value is -1.96. The molecule has 0 aliphatic rings. The minimum atomic E-state index is -3.82. The number of rotatable bonds is 8. The second-order valence-corrected chi connectivity index (χ2v) is 10.9. The fourth-order valence-corrected chi connectivity index (χ4v) is 5.26. The van der Waals surface area contributed by atoms with Gasteiger partial charge >= 0.3 is 0 Å². The molecule has 0 fully saturated rings. The number of aryl methyl sites for hydroxylation is 1. The Morgan fingerprint density at radius 1 is 1.06 bits per heavy atom. The molecule has 0 spiro atoms. The lowest BCUT2D eigenvalue weighted by atomic mass is 9.93. The topological polar surface area (TPSA) is 75.7 Å². The van der Waals surface area contributed by atoms with Crippen LogP contribution >= 0.6 is 23.2 Å². The lowest BCUT2D eigenvalue weighted by Crippen LogP contribution is -2.48. The van der Waals surface area contributed by atoms with Crippen LogP contribution in [0.1, 0.15) is 56.3 Å². The second kappa shape index (κ2) is 10.3. The number of halogens is 2. The van der Waals surface area contributed by atoms with Gasteiger partial charge in [-0.2, -0.15) is 0 Å². The molecule has 2 atom stereocenters. The van der Waals surface area contributed by atoms with Crippen molar-refractivity contribution in [3.8, 4) is 5.75 Å². The SMILES string of the molecule is COc1cc(C)c([C@H](C)NC(=O)[C@@H](C)N(c2cc(Cl)ccc2Cl)S(C)(=O)=O)cc1C(C)C. The molecule has 0 aliphatic carbocycles. The summed E-state index contributed by atoms with van der Waals surface area (Å²) >= 11 is 12.3. The van der Waals surface area contributed by atoms with E-state index in [0.717, 1.165) is 33.0 Å². The zero-order valence-electron chi connectivity index (χ0n) is 19.4. The Labute approximate surface area is 200 Å². The molecular formula is C23H30Cl2N2O4S. The summed E-state index contributed by atoms with van der Waals surface area (Å²) in [6.45, 7) is 9.46. The zero-order chi connectivity index (χ0) is 24.4. The third kappa shape index (κ3) is 5.88. The first kappa shape index (κ1) is 26.3. The van der Waals surface area contributed by atoms with E-state index in [1.807, 2.05) is 26.0 Å². The van der Waals surface area contributed by atoms with Crippen molar-refractivity contribution in [1.82, 2.24) is 5.32 Å². The first-order valence-electron chi connectivity index (χ1n) is 10.2. The Morgan fingerprint density at radius 3 is 2.22 bits per heavy atom. The molecule has 6 nitrogen and oxygen atoms in total. The molecule has 9 heteroatoms. The maximum absolute atomic E-state index is 13.1. The summed E-state index contributed by atoms with van der Waals surface area (Å²) in [7, 11) is -2.19. The number of hydrogen-bond acceptors (Lipinski definition) is 4. The normalized spacial score (nSPS) is 13.6. The average Bonchev–Trinajstić information content (AvgIpc) is 2.68. The monoisotopic (exact) mass is 500 g/mol. The highest BCUT2D eigenvalue weighted by atomic mass is 35.5. The van der Waals surface area contributed by atoms with Crippen molar-refractivity contribution < 1.29 is 17.9 Å². The highest BCUT2D eigenvalue weighted by Crippen LogP contribution is 2.34. The molecule has 32 heavy (non-hydrogen) atoms. The molecule has 0 unspecified atom stereocenters. The minimum absolute atomic E-state index is 0.152. The van der Waals surface area contributed by atoms with Crippen LogP contribution < -0.4 is 14.4 Å². The number of amides is 1. The van der Waals surface area contributed by atoms with Gasteiger partial charge in [0.25, 0.3) is 0 Å². The Balaban J connectivity index is 2.38. The number of carbonyl (C=O) groups excluding carboxylic acids is 1. The van der Waals surface area contributed by atoms with Gasteiger partial charge in [-0.25, -0.2) is 8.42 Å². The van der Waals surface area contributed by atoms with Crippen LogP contribution in [0.25, 0.3) is 0 Å². The quantitative estimate of drug-likeness (QED) is 0.521. The number of sulfonamides is 1. The number of nitrogens with zero attached hydrogens (tertiary/aromatic N) is 1. The van der Waals surface area contributed by atoms with Crippen LogP contribution in [0.5, 0.6) is 5.75 Å². The fourth-order valence-electron chi connectivity index (χ4n) is 3.66. The van der Waals surface area contributed by atoms with Gasteiger partial charge in [0.15, 0.2) is 0 Å². The van der Waals surface area contributed by atoms with Crippen molar-refractivity contribution in [2.24, 2.45) is 0 Å². The van der Waals surface area contributed by atoms with Gasteiger partial charge < -0.3 is 10.1 Å². The van der Waals surface area contributed by atoms with Crippen molar-refractivity contribution in [2.45, 2.75) is 52.6 Å². The molecular weight excluding hydrogens is 471 g/mol. The lowest BCUT2D eigenvalue weighted by molar-refractivity contribution is -0.122. The van der Waals surface area contributed by atoms with E-state index in [1.54, 1.807) is 13.2 Å². The maximum atomic E-state index is 13.1. The predicted molar refractivity (Wildman–Crippen MR) is 132 cm³/mol. The van der Waals surface area contributed by atoms with Gasteiger partial charge in [-0.15, -0.1) is 0 Å². The fraction of sp³-hybridized carbons (Fsp3) is 0.435. The van der Waals surface area contributed by atoms with Gasteiger partial charge in [-0.3, -0.25) is 9.10 Å². The average molecular weight is 501 g/mol. The summed E-state index contributed by atoms with van der Waals surface area (Å²) in [5.41, 5.74) is 3.08. The minimum Gasteiger partial charge on any atom is -0.496 e. The van der Waals surface area contributed by atoms with Gasteiger partial charge in [0.2, 0.25) is 15.9 Å². The number of hydrogen-bond donors (Lipinski definition) is 1. The molecule has 2 aromatic carbocycles. The molecule has 1 amide bonds. The van der Waals surface area contributed by atoms with Crippen molar-refractivity contribution in [3.63, 3.8) is 0 Å². The number of methoxy groups -OCH3 is 1. The molecule has 0 bridgehead atoms. The molecule has 0 heterocycles. The predicted octanol–water partition coefficient (Wildman–Crippen LogP) is 5.47. The molecule has 1 N–H and O–H groups in total. The molecule has 0 aliphatic heterocycles. The molecule has 2 aromatic rings. The standard InChI is InChI=1S/C23H30Cl2N2O4S/c1-13(2)18-12-19(14(3)10-22(18)31-6)15(4)26-23(28)16(5)27(32(7,29)30)21-11-17(24)8-9-20(21)25/h8-13,15-16H,1-7H3,(H,26,28)/t15-,16+/m0/s1. The van der Waals surface area contributed by atoms with Gasteiger partial charge in [-0.1, -0.05) is 37.0 Å². The highest BCUT2D eigenvalue weighted by Gasteiger charge is 2.31. The van der Waals surface area contributed by atoms with Gasteiger partial charge in [0.1, 0.15) is 11.8 Å². The molecule has 0 radical (unpaired) electrons. The number of benzene rings is 2. The van der Waals surface area contributed by atoms with Crippen molar-refractivity contribution in [2.75, 3.05) is 17.7 Å². The van der Waals surface area contributed by atoms with E-state index in [9.17, 15) is 13.2 Å². The summed E-state index contributed by atoms with van der Waals surface area (Å²) in [5, 5.41) is 3.43.